The van der Waals surface area contributed by atoms with Gasteiger partial charge in [0.05, 0.1) is 10.4 Å². The number of rotatable bonds is 3. The first-order valence-electron chi connectivity index (χ1n) is 7.57. The first-order chi connectivity index (χ1) is 11.6. The highest BCUT2D eigenvalue weighted by Crippen LogP contribution is 2.30. The maximum atomic E-state index is 12.3. The molecule has 2 heterocycles. The van der Waals surface area contributed by atoms with E-state index < -0.39 is 10.0 Å². The lowest BCUT2D eigenvalue weighted by atomic mass is 9.87. The third-order valence-corrected chi connectivity index (χ3v) is 4.75. The monoisotopic (exact) mass is 361 g/mol. The standard InChI is InChI=1S/C16H19N5O3S/c1-16(2,3)11-8-18-15(22)12-13(11)20-21-14(12)19-9-5-4-6-10(7-9)25(17,23)24/h4-8H,1-3H3,(H,18,22)(H2,17,23,24)(H2,19,20,21). The molecule has 132 valence electrons. The number of hydrogen-bond acceptors (Lipinski definition) is 5. The summed E-state index contributed by atoms with van der Waals surface area (Å²) in [6, 6.07) is 6.00. The Hall–Kier alpha value is -2.65. The number of hydrogen-bond donors (Lipinski definition) is 4. The van der Waals surface area contributed by atoms with Crippen LogP contribution in [0.3, 0.4) is 0 Å². The molecule has 0 aliphatic heterocycles. The number of anilines is 2. The molecule has 0 amide bonds. The van der Waals surface area contributed by atoms with Gasteiger partial charge in [0.25, 0.3) is 5.56 Å². The van der Waals surface area contributed by atoms with Gasteiger partial charge in [-0.2, -0.15) is 5.10 Å². The van der Waals surface area contributed by atoms with Gasteiger partial charge < -0.3 is 10.3 Å². The molecule has 0 saturated heterocycles. The van der Waals surface area contributed by atoms with Gasteiger partial charge in [-0.1, -0.05) is 26.8 Å². The molecular formula is C16H19N5O3S. The van der Waals surface area contributed by atoms with Crippen LogP contribution in [0, 0.1) is 0 Å². The van der Waals surface area contributed by atoms with E-state index in [0.29, 0.717) is 22.4 Å². The summed E-state index contributed by atoms with van der Waals surface area (Å²) in [6.07, 6.45) is 1.67. The second-order valence-electron chi connectivity index (χ2n) is 6.80. The van der Waals surface area contributed by atoms with Crippen molar-refractivity contribution in [3.05, 3.63) is 46.4 Å². The first kappa shape index (κ1) is 17.2. The van der Waals surface area contributed by atoms with Crippen molar-refractivity contribution in [2.45, 2.75) is 31.1 Å². The normalized spacial score (nSPS) is 12.5. The molecule has 0 aliphatic carbocycles. The topological polar surface area (TPSA) is 134 Å². The van der Waals surface area contributed by atoms with Crippen molar-refractivity contribution in [1.82, 2.24) is 15.2 Å². The predicted octanol–water partition coefficient (Wildman–Crippen LogP) is 1.94. The summed E-state index contributed by atoms with van der Waals surface area (Å²) in [7, 11) is -3.82. The zero-order chi connectivity index (χ0) is 18.4. The van der Waals surface area contributed by atoms with E-state index in [2.05, 4.69) is 20.5 Å². The van der Waals surface area contributed by atoms with Crippen molar-refractivity contribution < 1.29 is 8.42 Å². The number of pyridine rings is 1. The largest absolute Gasteiger partial charge is 0.338 e. The molecule has 0 atom stereocenters. The van der Waals surface area contributed by atoms with Gasteiger partial charge in [-0.15, -0.1) is 0 Å². The van der Waals surface area contributed by atoms with E-state index in [-0.39, 0.29) is 15.9 Å². The minimum atomic E-state index is -3.82. The van der Waals surface area contributed by atoms with Gasteiger partial charge in [-0.05, 0) is 29.2 Å². The summed E-state index contributed by atoms with van der Waals surface area (Å²) in [5.74, 6) is 0.314. The Kier molecular flexibility index (Phi) is 3.92. The average molecular weight is 361 g/mol. The number of nitrogens with zero attached hydrogens (tertiary/aromatic N) is 1. The second-order valence-corrected chi connectivity index (χ2v) is 8.36. The Bertz CT molecular complexity index is 1110. The van der Waals surface area contributed by atoms with E-state index in [1.807, 2.05) is 20.8 Å². The van der Waals surface area contributed by atoms with Gasteiger partial charge in [-0.3, -0.25) is 9.89 Å². The van der Waals surface area contributed by atoms with Crippen LogP contribution in [0.1, 0.15) is 26.3 Å². The van der Waals surface area contributed by atoms with Crippen molar-refractivity contribution in [1.29, 1.82) is 0 Å². The highest BCUT2D eigenvalue weighted by Gasteiger charge is 2.22. The van der Waals surface area contributed by atoms with Crippen molar-refractivity contribution in [2.75, 3.05) is 5.32 Å². The molecule has 9 heteroatoms. The van der Waals surface area contributed by atoms with Crippen LogP contribution < -0.4 is 16.0 Å². The molecular weight excluding hydrogens is 342 g/mol. The molecule has 0 aliphatic rings. The zero-order valence-corrected chi connectivity index (χ0v) is 14.9. The minimum Gasteiger partial charge on any atom is -0.338 e. The van der Waals surface area contributed by atoms with E-state index in [1.54, 1.807) is 18.3 Å². The van der Waals surface area contributed by atoms with E-state index in [4.69, 9.17) is 5.14 Å². The molecule has 25 heavy (non-hydrogen) atoms. The maximum absolute atomic E-state index is 12.3. The highest BCUT2D eigenvalue weighted by molar-refractivity contribution is 7.89. The van der Waals surface area contributed by atoms with Gasteiger partial charge in [0.2, 0.25) is 10.0 Å². The molecule has 1 aromatic carbocycles. The molecule has 0 spiro atoms. The van der Waals surface area contributed by atoms with E-state index in [0.717, 1.165) is 5.56 Å². The number of H-pyrrole nitrogens is 2. The van der Waals surface area contributed by atoms with Gasteiger partial charge in [0, 0.05) is 11.9 Å². The summed E-state index contributed by atoms with van der Waals surface area (Å²) >= 11 is 0. The molecule has 5 N–H and O–H groups in total. The lowest BCUT2D eigenvalue weighted by Gasteiger charge is -2.19. The average Bonchev–Trinajstić information content (AvgIpc) is 2.90. The van der Waals surface area contributed by atoms with Crippen LogP contribution in [0.15, 0.2) is 40.2 Å². The zero-order valence-electron chi connectivity index (χ0n) is 14.0. The Balaban J connectivity index is 2.11. The van der Waals surface area contributed by atoms with Crippen molar-refractivity contribution in [3.8, 4) is 0 Å². The molecule has 0 saturated carbocycles. The smallest absolute Gasteiger partial charge is 0.261 e. The third-order valence-electron chi connectivity index (χ3n) is 3.84. The fourth-order valence-electron chi connectivity index (χ4n) is 2.61. The molecule has 3 aromatic rings. The number of primary sulfonamides is 1. The maximum Gasteiger partial charge on any atom is 0.261 e. The molecule has 2 aromatic heterocycles. The summed E-state index contributed by atoms with van der Waals surface area (Å²) in [5, 5.41) is 15.6. The van der Waals surface area contributed by atoms with Crippen LogP contribution in [0.25, 0.3) is 10.9 Å². The van der Waals surface area contributed by atoms with Crippen molar-refractivity contribution in [2.24, 2.45) is 5.14 Å². The lowest BCUT2D eigenvalue weighted by molar-refractivity contribution is 0.591. The van der Waals surface area contributed by atoms with Gasteiger partial charge >= 0.3 is 0 Å². The highest BCUT2D eigenvalue weighted by atomic mass is 32.2. The Morgan fingerprint density at radius 2 is 1.96 bits per heavy atom. The van der Waals surface area contributed by atoms with E-state index >= 15 is 0 Å². The quantitative estimate of drug-likeness (QED) is 0.565. The summed E-state index contributed by atoms with van der Waals surface area (Å²) in [6.45, 7) is 6.09. The number of aromatic amines is 2. The Labute approximate surface area is 144 Å². The van der Waals surface area contributed by atoms with Crippen LogP contribution in [-0.4, -0.2) is 23.6 Å². The van der Waals surface area contributed by atoms with Crippen LogP contribution >= 0.6 is 0 Å². The van der Waals surface area contributed by atoms with Crippen LogP contribution in [0.4, 0.5) is 11.5 Å². The molecule has 0 bridgehead atoms. The van der Waals surface area contributed by atoms with Gasteiger partial charge in [0.15, 0.2) is 5.82 Å². The predicted molar refractivity (Wildman–Crippen MR) is 96.5 cm³/mol. The number of aromatic nitrogens is 3. The number of nitrogens with one attached hydrogen (secondary N) is 3. The molecule has 3 rings (SSSR count). The van der Waals surface area contributed by atoms with E-state index in [1.165, 1.54) is 12.1 Å². The van der Waals surface area contributed by atoms with Crippen molar-refractivity contribution >= 4 is 32.4 Å². The SMILES string of the molecule is CC(C)(C)c1c[nH]c(=O)c2c(Nc3cccc(S(N)(=O)=O)c3)n[nH]c12. The fourth-order valence-corrected chi connectivity index (χ4v) is 3.17. The summed E-state index contributed by atoms with van der Waals surface area (Å²) in [4.78, 5) is 15.0. The van der Waals surface area contributed by atoms with Crippen LogP contribution in [0.2, 0.25) is 0 Å². The number of fused-ring (bicyclic) bond motifs is 1. The molecule has 0 unspecified atom stereocenters. The third kappa shape index (κ3) is 3.28. The van der Waals surface area contributed by atoms with Gasteiger partial charge in [-0.25, -0.2) is 13.6 Å². The summed E-state index contributed by atoms with van der Waals surface area (Å²) < 4.78 is 23.0. The number of benzene rings is 1. The summed E-state index contributed by atoms with van der Waals surface area (Å²) in [5.41, 5.74) is 1.53. The van der Waals surface area contributed by atoms with Gasteiger partial charge in [0.1, 0.15) is 5.39 Å². The number of nitrogens with two attached hydrogens (primary N) is 1. The minimum absolute atomic E-state index is 0.0263. The van der Waals surface area contributed by atoms with Crippen LogP contribution in [-0.2, 0) is 15.4 Å². The second kappa shape index (κ2) is 5.71. The Morgan fingerprint density at radius 1 is 1.24 bits per heavy atom. The Morgan fingerprint density at radius 3 is 2.60 bits per heavy atom. The molecule has 0 radical (unpaired) electrons. The molecule has 8 nitrogen and oxygen atoms in total. The molecule has 0 fully saturated rings. The number of sulfonamides is 1. The van der Waals surface area contributed by atoms with Crippen molar-refractivity contribution in [3.63, 3.8) is 0 Å². The lowest BCUT2D eigenvalue weighted by Crippen LogP contribution is -2.16. The van der Waals surface area contributed by atoms with Crippen LogP contribution in [0.5, 0.6) is 0 Å². The van der Waals surface area contributed by atoms with E-state index in [9.17, 15) is 13.2 Å². The first-order valence-corrected chi connectivity index (χ1v) is 9.12. The fraction of sp³-hybridized carbons (Fsp3) is 0.250.